The Morgan fingerprint density at radius 1 is 1.39 bits per heavy atom. The molecule has 0 unspecified atom stereocenters. The number of unbranched alkanes of at least 4 members (excludes halogenated alkanes) is 1. The van der Waals surface area contributed by atoms with E-state index in [0.717, 1.165) is 18.4 Å². The van der Waals surface area contributed by atoms with Gasteiger partial charge in [0.2, 0.25) is 5.91 Å². The van der Waals surface area contributed by atoms with Gasteiger partial charge in [0.25, 0.3) is 0 Å². The molecule has 0 bridgehead atoms. The molecule has 23 heavy (non-hydrogen) atoms. The molecule has 0 spiro atoms. The highest BCUT2D eigenvalue weighted by atomic mass is 16.5. The van der Waals surface area contributed by atoms with Gasteiger partial charge in [-0.1, -0.05) is 32.1 Å². The summed E-state index contributed by atoms with van der Waals surface area (Å²) < 4.78 is 5.03. The van der Waals surface area contributed by atoms with Gasteiger partial charge in [0.15, 0.2) is 11.5 Å². The topological polar surface area (TPSA) is 78.8 Å². The first-order valence-electron chi connectivity index (χ1n) is 7.91. The molecule has 0 radical (unpaired) electrons. The smallest absolute Gasteiger partial charge is 0.220 e. The molecule has 0 saturated heterocycles. The Balaban J connectivity index is 2.27. The molecule has 0 aromatic heterocycles. The highest BCUT2D eigenvalue weighted by Gasteiger charge is 2.05. The fraction of sp³-hybridized carbons (Fsp3) is 0.500. The van der Waals surface area contributed by atoms with Crippen molar-refractivity contribution in [2.24, 2.45) is 5.92 Å². The van der Waals surface area contributed by atoms with Crippen molar-refractivity contribution in [3.63, 3.8) is 0 Å². The van der Waals surface area contributed by atoms with E-state index in [1.165, 1.54) is 7.11 Å². The third-order valence-corrected chi connectivity index (χ3v) is 3.52. The number of rotatable bonds is 9. The second-order valence-electron chi connectivity index (χ2n) is 5.84. The van der Waals surface area contributed by atoms with Gasteiger partial charge in [-0.05, 0) is 36.5 Å². The SMILES string of the molecule is COc1cc(CNC(=O)CCC/C=C/[C@@H](O)C(C)C)ccc1O. The Kier molecular flexibility index (Phi) is 8.19. The van der Waals surface area contributed by atoms with Gasteiger partial charge >= 0.3 is 0 Å². The quantitative estimate of drug-likeness (QED) is 0.483. The minimum Gasteiger partial charge on any atom is -0.504 e. The van der Waals surface area contributed by atoms with Crippen LogP contribution in [0.15, 0.2) is 30.4 Å². The molecule has 1 rings (SSSR count). The predicted molar refractivity (Wildman–Crippen MR) is 90.3 cm³/mol. The summed E-state index contributed by atoms with van der Waals surface area (Å²) in [6.07, 6.45) is 5.23. The number of methoxy groups -OCH3 is 1. The van der Waals surface area contributed by atoms with Crippen molar-refractivity contribution >= 4 is 5.91 Å². The maximum atomic E-state index is 11.8. The first-order valence-corrected chi connectivity index (χ1v) is 7.91. The summed E-state index contributed by atoms with van der Waals surface area (Å²) in [6, 6.07) is 4.99. The molecule has 0 fully saturated rings. The van der Waals surface area contributed by atoms with Crippen molar-refractivity contribution < 1.29 is 19.7 Å². The minimum absolute atomic E-state index is 0.0187. The molecular formula is C18H27NO4. The maximum Gasteiger partial charge on any atom is 0.220 e. The number of ether oxygens (including phenoxy) is 1. The van der Waals surface area contributed by atoms with Crippen LogP contribution in [0.4, 0.5) is 0 Å². The minimum atomic E-state index is -0.423. The van der Waals surface area contributed by atoms with Crippen LogP contribution in [-0.2, 0) is 11.3 Å². The number of phenols is 1. The van der Waals surface area contributed by atoms with E-state index < -0.39 is 6.10 Å². The normalized spacial score (nSPS) is 12.6. The number of nitrogens with one attached hydrogen (secondary N) is 1. The number of benzene rings is 1. The highest BCUT2D eigenvalue weighted by Crippen LogP contribution is 2.26. The standard InChI is InChI=1S/C18H27NO4/c1-13(2)15(20)7-5-4-6-8-18(22)19-12-14-9-10-16(21)17(11-14)23-3/h5,7,9-11,13,15,20-21H,4,6,8,12H2,1-3H3,(H,19,22)/b7-5+/t15-/m1/s1. The number of aromatic hydroxyl groups is 1. The van der Waals surface area contributed by atoms with Crippen molar-refractivity contribution in [1.29, 1.82) is 0 Å². The second-order valence-corrected chi connectivity index (χ2v) is 5.84. The molecular weight excluding hydrogens is 294 g/mol. The Morgan fingerprint density at radius 3 is 2.78 bits per heavy atom. The van der Waals surface area contributed by atoms with Crippen molar-refractivity contribution in [1.82, 2.24) is 5.32 Å². The summed E-state index contributed by atoms with van der Waals surface area (Å²) >= 11 is 0. The van der Waals surface area contributed by atoms with Gasteiger partial charge in [-0.2, -0.15) is 0 Å². The fourth-order valence-corrected chi connectivity index (χ4v) is 1.96. The van der Waals surface area contributed by atoms with E-state index in [1.54, 1.807) is 24.3 Å². The van der Waals surface area contributed by atoms with Gasteiger partial charge in [0.1, 0.15) is 0 Å². The zero-order valence-corrected chi connectivity index (χ0v) is 14.1. The number of hydrogen-bond donors (Lipinski definition) is 3. The lowest BCUT2D eigenvalue weighted by molar-refractivity contribution is -0.121. The van der Waals surface area contributed by atoms with Crippen molar-refractivity contribution in [3.05, 3.63) is 35.9 Å². The number of amides is 1. The van der Waals surface area contributed by atoms with E-state index in [9.17, 15) is 15.0 Å². The van der Waals surface area contributed by atoms with Gasteiger partial charge in [-0.25, -0.2) is 0 Å². The van der Waals surface area contributed by atoms with E-state index in [2.05, 4.69) is 5.32 Å². The molecule has 1 amide bonds. The largest absolute Gasteiger partial charge is 0.504 e. The summed E-state index contributed by atoms with van der Waals surface area (Å²) in [6.45, 7) is 4.32. The number of phenolic OH excluding ortho intramolecular Hbond substituents is 1. The van der Waals surface area contributed by atoms with Crippen LogP contribution in [-0.4, -0.2) is 29.3 Å². The number of allylic oxidation sites excluding steroid dienone is 1. The number of aliphatic hydroxyl groups excluding tert-OH is 1. The zero-order valence-electron chi connectivity index (χ0n) is 14.1. The zero-order chi connectivity index (χ0) is 17.2. The summed E-state index contributed by atoms with van der Waals surface area (Å²) in [5.41, 5.74) is 0.868. The number of carbonyl (C=O) groups excluding carboxylic acids is 1. The molecule has 5 heteroatoms. The average Bonchev–Trinajstić information content (AvgIpc) is 2.53. The third-order valence-electron chi connectivity index (χ3n) is 3.52. The molecule has 0 saturated carbocycles. The number of aliphatic hydroxyl groups is 1. The van der Waals surface area contributed by atoms with Crippen LogP contribution < -0.4 is 10.1 Å². The Morgan fingerprint density at radius 2 is 2.13 bits per heavy atom. The Labute approximate surface area is 138 Å². The molecule has 0 aliphatic heterocycles. The van der Waals surface area contributed by atoms with Crippen LogP contribution in [0.1, 0.15) is 38.7 Å². The molecule has 3 N–H and O–H groups in total. The lowest BCUT2D eigenvalue weighted by Crippen LogP contribution is -2.22. The summed E-state index contributed by atoms with van der Waals surface area (Å²) in [7, 11) is 1.49. The molecule has 128 valence electrons. The van der Waals surface area contributed by atoms with Crippen LogP contribution >= 0.6 is 0 Å². The maximum absolute atomic E-state index is 11.8. The molecule has 0 heterocycles. The summed E-state index contributed by atoms with van der Waals surface area (Å²) in [4.78, 5) is 11.8. The van der Waals surface area contributed by atoms with Crippen LogP contribution in [0, 0.1) is 5.92 Å². The van der Waals surface area contributed by atoms with Gasteiger partial charge in [0.05, 0.1) is 13.2 Å². The van der Waals surface area contributed by atoms with Crippen LogP contribution in [0.3, 0.4) is 0 Å². The highest BCUT2D eigenvalue weighted by molar-refractivity contribution is 5.75. The molecule has 1 aromatic carbocycles. The lowest BCUT2D eigenvalue weighted by atomic mass is 10.1. The Hall–Kier alpha value is -2.01. The Bertz CT molecular complexity index is 526. The summed E-state index contributed by atoms with van der Waals surface area (Å²) in [5, 5.41) is 22.0. The van der Waals surface area contributed by atoms with Gasteiger partial charge in [0, 0.05) is 13.0 Å². The molecule has 1 atom stereocenters. The van der Waals surface area contributed by atoms with E-state index in [1.807, 2.05) is 19.9 Å². The average molecular weight is 321 g/mol. The molecule has 1 aromatic rings. The van der Waals surface area contributed by atoms with Crippen molar-refractivity contribution in [2.45, 2.75) is 45.8 Å². The lowest BCUT2D eigenvalue weighted by Gasteiger charge is -2.09. The summed E-state index contributed by atoms with van der Waals surface area (Å²) in [5.74, 6) is 0.662. The van der Waals surface area contributed by atoms with Crippen LogP contribution in [0.25, 0.3) is 0 Å². The van der Waals surface area contributed by atoms with Gasteiger partial charge < -0.3 is 20.3 Å². The third kappa shape index (κ3) is 7.19. The second kappa shape index (κ2) is 9.90. The van der Waals surface area contributed by atoms with Gasteiger partial charge in [-0.3, -0.25) is 4.79 Å². The van der Waals surface area contributed by atoms with E-state index in [0.29, 0.717) is 18.7 Å². The monoisotopic (exact) mass is 321 g/mol. The predicted octanol–water partition coefficient (Wildman–Crippen LogP) is 2.76. The first-order chi connectivity index (χ1) is 10.9. The van der Waals surface area contributed by atoms with E-state index in [-0.39, 0.29) is 17.6 Å². The van der Waals surface area contributed by atoms with Gasteiger partial charge in [-0.15, -0.1) is 0 Å². The van der Waals surface area contributed by atoms with Crippen molar-refractivity contribution in [3.8, 4) is 11.5 Å². The van der Waals surface area contributed by atoms with E-state index >= 15 is 0 Å². The molecule has 0 aliphatic rings. The molecule has 0 aliphatic carbocycles. The van der Waals surface area contributed by atoms with Crippen LogP contribution in [0.5, 0.6) is 11.5 Å². The first kappa shape index (κ1) is 19.0. The fourth-order valence-electron chi connectivity index (χ4n) is 1.96. The van der Waals surface area contributed by atoms with Crippen LogP contribution in [0.2, 0.25) is 0 Å². The molecule has 5 nitrogen and oxygen atoms in total. The van der Waals surface area contributed by atoms with E-state index in [4.69, 9.17) is 4.74 Å². The van der Waals surface area contributed by atoms with Crippen molar-refractivity contribution in [2.75, 3.05) is 7.11 Å². The number of hydrogen-bond acceptors (Lipinski definition) is 4. The number of carbonyl (C=O) groups is 1.